The fraction of sp³-hybridized carbons (Fsp3) is 0.316. The molecule has 3 rings (SSSR count). The average Bonchev–Trinajstić information content (AvgIpc) is 3.13. The van der Waals surface area contributed by atoms with Gasteiger partial charge in [0.05, 0.1) is 16.3 Å². The molecule has 0 saturated heterocycles. The first-order chi connectivity index (χ1) is 12.6. The Morgan fingerprint density at radius 2 is 1.86 bits per heavy atom. The summed E-state index contributed by atoms with van der Waals surface area (Å²) in [7, 11) is 0. The maximum atomic E-state index is 12.6. The zero-order valence-corrected chi connectivity index (χ0v) is 17.4. The summed E-state index contributed by atoms with van der Waals surface area (Å²) in [6.45, 7) is 0.502. The van der Waals surface area contributed by atoms with Crippen molar-refractivity contribution in [2.75, 3.05) is 17.2 Å². The second kappa shape index (κ2) is 11.2. The van der Waals surface area contributed by atoms with E-state index in [-0.39, 0.29) is 48.5 Å². The molecule has 2 aromatic rings. The number of rotatable bonds is 5. The van der Waals surface area contributed by atoms with Crippen LogP contribution in [-0.4, -0.2) is 23.3 Å². The topological polar surface area (TPSA) is 97.1 Å². The van der Waals surface area contributed by atoms with Crippen LogP contribution in [0.5, 0.6) is 0 Å². The molecule has 6 nitrogen and oxygen atoms in total. The highest BCUT2D eigenvalue weighted by Crippen LogP contribution is 2.32. The monoisotopic (exact) mass is 444 g/mol. The van der Waals surface area contributed by atoms with Gasteiger partial charge < -0.3 is 16.4 Å². The van der Waals surface area contributed by atoms with Gasteiger partial charge in [0.1, 0.15) is 5.82 Å². The molecule has 1 aliphatic rings. The van der Waals surface area contributed by atoms with Crippen molar-refractivity contribution in [3.8, 4) is 0 Å². The van der Waals surface area contributed by atoms with Crippen LogP contribution in [0.2, 0.25) is 5.02 Å². The van der Waals surface area contributed by atoms with Gasteiger partial charge in [0.25, 0.3) is 5.91 Å². The van der Waals surface area contributed by atoms with Crippen molar-refractivity contribution in [3.05, 3.63) is 53.2 Å². The van der Waals surface area contributed by atoms with E-state index < -0.39 is 0 Å². The van der Waals surface area contributed by atoms with Gasteiger partial charge in [-0.2, -0.15) is 0 Å². The van der Waals surface area contributed by atoms with E-state index in [1.165, 1.54) is 6.20 Å². The van der Waals surface area contributed by atoms with Gasteiger partial charge in [0.15, 0.2) is 0 Å². The summed E-state index contributed by atoms with van der Waals surface area (Å²) in [5, 5.41) is 6.09. The number of carbonyl (C=O) groups excluding carboxylic acids is 2. The molecule has 0 aliphatic heterocycles. The number of nitrogens with zero attached hydrogens (tertiary/aromatic N) is 1. The Balaban J connectivity index is 0.00000196. The van der Waals surface area contributed by atoms with E-state index in [1.54, 1.807) is 36.4 Å². The number of amides is 2. The van der Waals surface area contributed by atoms with E-state index in [2.05, 4.69) is 15.6 Å². The Bertz CT molecular complexity index is 802. The second-order valence-corrected chi connectivity index (χ2v) is 6.82. The molecule has 152 valence electrons. The van der Waals surface area contributed by atoms with Crippen LogP contribution in [0.15, 0.2) is 42.6 Å². The summed E-state index contributed by atoms with van der Waals surface area (Å²) in [4.78, 5) is 29.3. The zero-order chi connectivity index (χ0) is 18.5. The molecule has 1 fully saturated rings. The molecule has 1 saturated carbocycles. The number of hydrogen-bond acceptors (Lipinski definition) is 4. The van der Waals surface area contributed by atoms with Crippen molar-refractivity contribution in [2.45, 2.75) is 19.3 Å². The van der Waals surface area contributed by atoms with Crippen LogP contribution in [0.3, 0.4) is 0 Å². The molecule has 4 N–H and O–H groups in total. The molecule has 0 bridgehead atoms. The first kappa shape index (κ1) is 24.2. The van der Waals surface area contributed by atoms with Crippen LogP contribution >= 0.6 is 36.4 Å². The molecule has 1 aromatic carbocycles. The zero-order valence-electron chi connectivity index (χ0n) is 15.1. The highest BCUT2D eigenvalue weighted by atomic mass is 35.5. The van der Waals surface area contributed by atoms with E-state index in [0.29, 0.717) is 28.6 Å². The van der Waals surface area contributed by atoms with Gasteiger partial charge >= 0.3 is 0 Å². The first-order valence-electron chi connectivity index (χ1n) is 8.61. The molecule has 0 spiro atoms. The standard InChI is InChI=1S/C19H21ClN4O2.2ClH/c20-13-8-9-17(22-11-13)24-19(26)15-5-1-2-7-16(15)23-18(25)14-6-3-4-12(14)10-21;;/h1-2,5,7-9,11-12,14H,3-4,6,10,21H2,(H,23,25)(H,22,24,26);2*1H/t12-,14-;;/m1../s1. The summed E-state index contributed by atoms with van der Waals surface area (Å²) in [5.74, 6) is 0.0585. The van der Waals surface area contributed by atoms with E-state index in [1.807, 2.05) is 0 Å². The lowest BCUT2D eigenvalue weighted by Gasteiger charge is -2.18. The van der Waals surface area contributed by atoms with E-state index >= 15 is 0 Å². The van der Waals surface area contributed by atoms with Gasteiger partial charge in [-0.25, -0.2) is 4.98 Å². The van der Waals surface area contributed by atoms with Gasteiger partial charge in [-0.15, -0.1) is 24.8 Å². The summed E-state index contributed by atoms with van der Waals surface area (Å²) in [5.41, 5.74) is 6.62. The largest absolute Gasteiger partial charge is 0.330 e. The first-order valence-corrected chi connectivity index (χ1v) is 8.99. The number of anilines is 2. The number of aromatic nitrogens is 1. The summed E-state index contributed by atoms with van der Waals surface area (Å²) < 4.78 is 0. The summed E-state index contributed by atoms with van der Waals surface area (Å²) >= 11 is 5.80. The van der Waals surface area contributed by atoms with Crippen LogP contribution in [0.1, 0.15) is 29.6 Å². The van der Waals surface area contributed by atoms with Gasteiger partial charge in [-0.3, -0.25) is 9.59 Å². The van der Waals surface area contributed by atoms with Crippen LogP contribution in [0, 0.1) is 11.8 Å². The SMILES string of the molecule is Cl.Cl.NC[C@H]1CCC[C@H]1C(=O)Nc1ccccc1C(=O)Nc1ccc(Cl)cn1. The maximum absolute atomic E-state index is 12.6. The van der Waals surface area contributed by atoms with Crippen molar-refractivity contribution in [1.82, 2.24) is 4.98 Å². The van der Waals surface area contributed by atoms with Crippen molar-refractivity contribution in [3.63, 3.8) is 0 Å². The third kappa shape index (κ3) is 5.82. The molecule has 28 heavy (non-hydrogen) atoms. The summed E-state index contributed by atoms with van der Waals surface area (Å²) in [6, 6.07) is 10.2. The predicted octanol–water partition coefficient (Wildman–Crippen LogP) is 4.14. The fourth-order valence-electron chi connectivity index (χ4n) is 3.31. The number of para-hydroxylation sites is 1. The highest BCUT2D eigenvalue weighted by Gasteiger charge is 2.32. The normalized spacial score (nSPS) is 17.8. The molecular formula is C19H23Cl3N4O2. The lowest BCUT2D eigenvalue weighted by atomic mass is 9.95. The third-order valence-electron chi connectivity index (χ3n) is 4.70. The molecule has 1 heterocycles. The predicted molar refractivity (Wildman–Crippen MR) is 117 cm³/mol. The Hall–Kier alpha value is -1.86. The number of nitrogens with two attached hydrogens (primary N) is 1. The number of hydrogen-bond donors (Lipinski definition) is 3. The fourth-order valence-corrected chi connectivity index (χ4v) is 3.42. The average molecular weight is 446 g/mol. The Kier molecular flexibility index (Phi) is 9.69. The van der Waals surface area contributed by atoms with Crippen LogP contribution in [0.25, 0.3) is 0 Å². The number of benzene rings is 1. The smallest absolute Gasteiger partial charge is 0.258 e. The molecule has 2 atom stereocenters. The molecule has 9 heteroatoms. The van der Waals surface area contributed by atoms with Gasteiger partial charge in [0, 0.05) is 12.1 Å². The number of carbonyl (C=O) groups is 2. The van der Waals surface area contributed by atoms with Gasteiger partial charge in [-0.1, -0.05) is 30.2 Å². The highest BCUT2D eigenvalue weighted by molar-refractivity contribution is 6.30. The molecule has 0 radical (unpaired) electrons. The maximum Gasteiger partial charge on any atom is 0.258 e. The lowest BCUT2D eigenvalue weighted by molar-refractivity contribution is -0.120. The van der Waals surface area contributed by atoms with Gasteiger partial charge in [-0.05, 0) is 49.6 Å². The molecule has 1 aliphatic carbocycles. The van der Waals surface area contributed by atoms with Crippen LogP contribution < -0.4 is 16.4 Å². The molecular weight excluding hydrogens is 423 g/mol. The minimum atomic E-state index is -0.350. The van der Waals surface area contributed by atoms with E-state index in [9.17, 15) is 9.59 Å². The van der Waals surface area contributed by atoms with Crippen LogP contribution in [0.4, 0.5) is 11.5 Å². The second-order valence-electron chi connectivity index (χ2n) is 6.38. The minimum Gasteiger partial charge on any atom is -0.330 e. The number of nitrogens with one attached hydrogen (secondary N) is 2. The molecule has 1 aromatic heterocycles. The van der Waals surface area contributed by atoms with Gasteiger partial charge in [0.2, 0.25) is 5.91 Å². The Morgan fingerprint density at radius 1 is 1.11 bits per heavy atom. The number of halogens is 3. The van der Waals surface area contributed by atoms with Crippen molar-refractivity contribution in [1.29, 1.82) is 0 Å². The number of pyridine rings is 1. The van der Waals surface area contributed by atoms with Crippen LogP contribution in [-0.2, 0) is 4.79 Å². The molecule has 2 amide bonds. The molecule has 0 unspecified atom stereocenters. The Morgan fingerprint density at radius 3 is 2.54 bits per heavy atom. The van der Waals surface area contributed by atoms with E-state index in [4.69, 9.17) is 17.3 Å². The lowest BCUT2D eigenvalue weighted by Crippen LogP contribution is -2.30. The van der Waals surface area contributed by atoms with Crippen molar-refractivity contribution in [2.24, 2.45) is 17.6 Å². The summed E-state index contributed by atoms with van der Waals surface area (Å²) in [6.07, 6.45) is 4.26. The Labute approximate surface area is 181 Å². The minimum absolute atomic E-state index is 0. The van der Waals surface area contributed by atoms with Crippen molar-refractivity contribution < 1.29 is 9.59 Å². The quantitative estimate of drug-likeness (QED) is 0.644. The van der Waals surface area contributed by atoms with E-state index in [0.717, 1.165) is 19.3 Å². The third-order valence-corrected chi connectivity index (χ3v) is 4.92. The van der Waals surface area contributed by atoms with Crippen molar-refractivity contribution >= 4 is 59.7 Å².